The van der Waals surface area contributed by atoms with Crippen molar-refractivity contribution in [3.63, 3.8) is 0 Å². The molecule has 32 heavy (non-hydrogen) atoms. The topological polar surface area (TPSA) is 38.7 Å². The SMILES string of the molecule is C#Cc1sc2cc(-c3ccnc(-c4ccccc4-c4cccnc4)n3)ccc2c1/C=C\C. The number of benzene rings is 2. The minimum Gasteiger partial charge on any atom is -0.264 e. The Labute approximate surface area is 191 Å². The van der Waals surface area contributed by atoms with Crippen molar-refractivity contribution in [2.75, 3.05) is 0 Å². The summed E-state index contributed by atoms with van der Waals surface area (Å²) in [7, 11) is 0. The van der Waals surface area contributed by atoms with E-state index >= 15 is 0 Å². The predicted octanol–water partition coefficient (Wildman–Crippen LogP) is 7.10. The van der Waals surface area contributed by atoms with Crippen LogP contribution in [0.25, 0.3) is 49.9 Å². The summed E-state index contributed by atoms with van der Waals surface area (Å²) in [6, 6.07) is 20.5. The summed E-state index contributed by atoms with van der Waals surface area (Å²) in [5.41, 5.74) is 6.09. The van der Waals surface area contributed by atoms with E-state index in [0.29, 0.717) is 5.82 Å². The van der Waals surface area contributed by atoms with E-state index in [1.54, 1.807) is 17.5 Å². The monoisotopic (exact) mass is 429 g/mol. The molecule has 152 valence electrons. The first kappa shape index (κ1) is 19.9. The number of fused-ring (bicyclic) bond motifs is 1. The highest BCUT2D eigenvalue weighted by atomic mass is 32.1. The summed E-state index contributed by atoms with van der Waals surface area (Å²) in [6.45, 7) is 2.00. The number of hydrogen-bond acceptors (Lipinski definition) is 4. The fourth-order valence-corrected chi connectivity index (χ4v) is 4.86. The lowest BCUT2D eigenvalue weighted by atomic mass is 10.0. The van der Waals surface area contributed by atoms with Crippen LogP contribution in [-0.4, -0.2) is 15.0 Å². The van der Waals surface area contributed by atoms with Crippen LogP contribution in [0.2, 0.25) is 0 Å². The quantitative estimate of drug-likeness (QED) is 0.286. The van der Waals surface area contributed by atoms with Crippen molar-refractivity contribution in [3.05, 3.63) is 95.8 Å². The third-order valence-electron chi connectivity index (χ3n) is 5.28. The second-order valence-electron chi connectivity index (χ2n) is 7.25. The third-order valence-corrected chi connectivity index (χ3v) is 6.38. The number of nitrogens with zero attached hydrogens (tertiary/aromatic N) is 3. The van der Waals surface area contributed by atoms with Crippen LogP contribution in [0.3, 0.4) is 0 Å². The zero-order valence-corrected chi connectivity index (χ0v) is 18.3. The van der Waals surface area contributed by atoms with Crippen molar-refractivity contribution < 1.29 is 0 Å². The smallest absolute Gasteiger partial charge is 0.160 e. The summed E-state index contributed by atoms with van der Waals surface area (Å²) in [5.74, 6) is 3.51. The zero-order valence-electron chi connectivity index (χ0n) is 17.5. The Bertz CT molecular complexity index is 1490. The molecule has 5 aromatic rings. The van der Waals surface area contributed by atoms with E-state index in [0.717, 1.165) is 43.1 Å². The molecule has 0 amide bonds. The summed E-state index contributed by atoms with van der Waals surface area (Å²) >= 11 is 1.64. The zero-order chi connectivity index (χ0) is 21.9. The van der Waals surface area contributed by atoms with Gasteiger partial charge in [-0.25, -0.2) is 9.97 Å². The van der Waals surface area contributed by atoms with Crippen LogP contribution in [0, 0.1) is 12.3 Å². The molecule has 0 unspecified atom stereocenters. The third kappa shape index (κ3) is 3.60. The van der Waals surface area contributed by atoms with Gasteiger partial charge >= 0.3 is 0 Å². The number of rotatable bonds is 4. The van der Waals surface area contributed by atoms with Crippen molar-refractivity contribution in [2.45, 2.75) is 6.92 Å². The lowest BCUT2D eigenvalue weighted by molar-refractivity contribution is 1.18. The minimum atomic E-state index is 0.687. The molecule has 0 saturated heterocycles. The molecule has 0 N–H and O–H groups in total. The Morgan fingerprint density at radius 3 is 2.59 bits per heavy atom. The Kier molecular flexibility index (Phi) is 5.33. The average molecular weight is 430 g/mol. The van der Waals surface area contributed by atoms with Crippen molar-refractivity contribution in [3.8, 4) is 46.1 Å². The summed E-state index contributed by atoms with van der Waals surface area (Å²) in [5, 5.41) is 1.17. The molecule has 0 radical (unpaired) electrons. The van der Waals surface area contributed by atoms with Crippen LogP contribution >= 0.6 is 11.3 Å². The van der Waals surface area contributed by atoms with Crippen molar-refractivity contribution in [1.82, 2.24) is 15.0 Å². The van der Waals surface area contributed by atoms with E-state index in [2.05, 4.69) is 46.2 Å². The summed E-state index contributed by atoms with van der Waals surface area (Å²) < 4.78 is 1.15. The minimum absolute atomic E-state index is 0.687. The highest BCUT2D eigenvalue weighted by Gasteiger charge is 2.13. The number of hydrogen-bond donors (Lipinski definition) is 0. The number of aromatic nitrogens is 3. The summed E-state index contributed by atoms with van der Waals surface area (Å²) in [6.07, 6.45) is 15.3. The lowest BCUT2D eigenvalue weighted by Gasteiger charge is -2.10. The number of thiophene rings is 1. The van der Waals surface area contributed by atoms with Gasteiger partial charge in [-0.1, -0.05) is 60.5 Å². The molecular formula is C28H19N3S. The molecular weight excluding hydrogens is 410 g/mol. The first-order chi connectivity index (χ1) is 15.8. The van der Waals surface area contributed by atoms with Gasteiger partial charge in [-0.3, -0.25) is 4.98 Å². The molecule has 3 aromatic heterocycles. The Morgan fingerprint density at radius 1 is 0.938 bits per heavy atom. The van der Waals surface area contributed by atoms with E-state index in [1.165, 1.54) is 5.39 Å². The normalized spacial score (nSPS) is 11.1. The van der Waals surface area contributed by atoms with Gasteiger partial charge in [0, 0.05) is 50.9 Å². The molecule has 0 spiro atoms. The van der Waals surface area contributed by atoms with Crippen molar-refractivity contribution in [1.29, 1.82) is 0 Å². The second-order valence-corrected chi connectivity index (χ2v) is 8.31. The summed E-state index contributed by atoms with van der Waals surface area (Å²) in [4.78, 5) is 14.7. The van der Waals surface area contributed by atoms with E-state index in [9.17, 15) is 0 Å². The highest BCUT2D eigenvalue weighted by molar-refractivity contribution is 7.19. The van der Waals surface area contributed by atoms with Gasteiger partial charge in [-0.05, 0) is 30.7 Å². The first-order valence-corrected chi connectivity index (χ1v) is 11.1. The van der Waals surface area contributed by atoms with E-state index < -0.39 is 0 Å². The second kappa shape index (κ2) is 8.58. The van der Waals surface area contributed by atoms with Gasteiger partial charge in [-0.15, -0.1) is 17.8 Å². The van der Waals surface area contributed by atoms with Gasteiger partial charge in [-0.2, -0.15) is 0 Å². The molecule has 0 atom stereocenters. The Morgan fingerprint density at radius 2 is 1.81 bits per heavy atom. The van der Waals surface area contributed by atoms with Crippen LogP contribution < -0.4 is 0 Å². The fraction of sp³-hybridized carbons (Fsp3) is 0.0357. The molecule has 0 bridgehead atoms. The molecule has 2 aromatic carbocycles. The number of allylic oxidation sites excluding steroid dienone is 1. The van der Waals surface area contributed by atoms with Crippen LogP contribution in [-0.2, 0) is 0 Å². The largest absolute Gasteiger partial charge is 0.264 e. The maximum absolute atomic E-state index is 5.74. The molecule has 4 heteroatoms. The maximum atomic E-state index is 5.74. The van der Waals surface area contributed by atoms with Gasteiger partial charge < -0.3 is 0 Å². The molecule has 5 rings (SSSR count). The van der Waals surface area contributed by atoms with Crippen LogP contribution in [0.5, 0.6) is 0 Å². The molecule has 0 saturated carbocycles. The fourth-order valence-electron chi connectivity index (χ4n) is 3.82. The van der Waals surface area contributed by atoms with Crippen LogP contribution in [0.15, 0.2) is 85.3 Å². The van der Waals surface area contributed by atoms with E-state index in [1.807, 2.05) is 61.8 Å². The molecule has 3 nitrogen and oxygen atoms in total. The van der Waals surface area contributed by atoms with Gasteiger partial charge in [0.2, 0.25) is 0 Å². The highest BCUT2D eigenvalue weighted by Crippen LogP contribution is 2.35. The standard InChI is InChI=1S/C28H19N3S/c1-3-8-22-23-13-12-19(17-27(23)32-26(22)4-2)25-14-16-30-28(31-25)24-11-6-5-10-21(24)20-9-7-15-29-18-20/h2-3,5-18H,1H3/b8-3-. The average Bonchev–Trinajstić information content (AvgIpc) is 3.22. The lowest BCUT2D eigenvalue weighted by Crippen LogP contribution is -1.94. The van der Waals surface area contributed by atoms with Crippen LogP contribution in [0.1, 0.15) is 17.4 Å². The molecule has 0 aliphatic rings. The maximum Gasteiger partial charge on any atom is 0.160 e. The Balaban J connectivity index is 1.61. The number of pyridine rings is 1. The number of terminal acetylenes is 1. The molecule has 0 fully saturated rings. The van der Waals surface area contributed by atoms with E-state index in [4.69, 9.17) is 11.4 Å². The van der Waals surface area contributed by atoms with Gasteiger partial charge in [0.25, 0.3) is 0 Å². The molecule has 0 aliphatic carbocycles. The first-order valence-electron chi connectivity index (χ1n) is 10.3. The molecule has 0 aliphatic heterocycles. The van der Waals surface area contributed by atoms with Crippen molar-refractivity contribution >= 4 is 27.5 Å². The van der Waals surface area contributed by atoms with Gasteiger partial charge in [0.05, 0.1) is 10.6 Å². The predicted molar refractivity (Wildman–Crippen MR) is 134 cm³/mol. The molecule has 3 heterocycles. The Hall–Kier alpha value is -4.07. The van der Waals surface area contributed by atoms with Crippen LogP contribution in [0.4, 0.5) is 0 Å². The van der Waals surface area contributed by atoms with Gasteiger partial charge in [0.15, 0.2) is 5.82 Å². The van der Waals surface area contributed by atoms with Gasteiger partial charge in [0.1, 0.15) is 0 Å². The van der Waals surface area contributed by atoms with Crippen molar-refractivity contribution in [2.24, 2.45) is 0 Å². The van der Waals surface area contributed by atoms with E-state index in [-0.39, 0.29) is 0 Å².